The highest BCUT2D eigenvalue weighted by Gasteiger charge is 2.38. The molecule has 1 aliphatic carbocycles. The number of Topliss-reactive ketones (excluding diaryl/α,β-unsaturated/α-hetero) is 1. The molecule has 0 amide bonds. The number of carbonyl (C=O) groups is 1. The molecular weight excluding hydrogens is 288 g/mol. The molecule has 0 saturated carbocycles. The van der Waals surface area contributed by atoms with Gasteiger partial charge in [0.1, 0.15) is 5.69 Å². The molecule has 1 saturated heterocycles. The summed E-state index contributed by atoms with van der Waals surface area (Å²) in [5.74, 6) is 0.793. The molecule has 0 unspecified atom stereocenters. The molecule has 23 heavy (non-hydrogen) atoms. The van der Waals surface area contributed by atoms with Gasteiger partial charge in [-0.25, -0.2) is 0 Å². The quantitative estimate of drug-likeness (QED) is 0.600. The van der Waals surface area contributed by atoms with Crippen molar-refractivity contribution in [2.75, 3.05) is 20.1 Å². The number of benzene rings is 1. The maximum atomic E-state index is 12.9. The molecule has 2 atom stereocenters. The summed E-state index contributed by atoms with van der Waals surface area (Å²) >= 11 is 0. The van der Waals surface area contributed by atoms with Crippen LogP contribution in [0.4, 0.5) is 0 Å². The monoisotopic (exact) mass is 310 g/mol. The summed E-state index contributed by atoms with van der Waals surface area (Å²) in [6.45, 7) is 4.00. The molecule has 1 fully saturated rings. The number of carbonyl (C=O) groups excluding carboxylic acids is 1. The van der Waals surface area contributed by atoms with Gasteiger partial charge in [-0.3, -0.25) is 4.79 Å². The van der Waals surface area contributed by atoms with Gasteiger partial charge in [-0.05, 0) is 43.9 Å². The van der Waals surface area contributed by atoms with E-state index in [0.717, 1.165) is 40.7 Å². The lowest BCUT2D eigenvalue weighted by Crippen LogP contribution is -2.40. The van der Waals surface area contributed by atoms with Crippen LogP contribution in [-0.4, -0.2) is 40.8 Å². The van der Waals surface area contributed by atoms with E-state index in [9.17, 15) is 10.0 Å². The Hall–Kier alpha value is -2.07. The van der Waals surface area contributed by atoms with Gasteiger partial charge in [0.15, 0.2) is 5.78 Å². The number of hydrogen-bond acceptors (Lipinski definition) is 3. The van der Waals surface area contributed by atoms with Crippen LogP contribution >= 0.6 is 0 Å². The SMILES string of the molecule is CC=C1CN(C)C[C@@H]2Cc3c(n(O)c4ccccc34)C(=O)C[C@@H]12. The molecular formula is C19H22N2O2. The lowest BCUT2D eigenvalue weighted by Gasteiger charge is -2.38. The smallest absolute Gasteiger partial charge is 0.183 e. The van der Waals surface area contributed by atoms with Gasteiger partial charge in [-0.15, -0.1) is 0 Å². The van der Waals surface area contributed by atoms with Crippen molar-refractivity contribution in [1.29, 1.82) is 0 Å². The average Bonchev–Trinajstić information content (AvgIpc) is 2.72. The minimum Gasteiger partial charge on any atom is -0.428 e. The highest BCUT2D eigenvalue weighted by atomic mass is 16.5. The number of nitrogens with zero attached hydrogens (tertiary/aromatic N) is 2. The molecule has 0 bridgehead atoms. The predicted molar refractivity (Wildman–Crippen MR) is 90.0 cm³/mol. The molecule has 1 aromatic carbocycles. The van der Waals surface area contributed by atoms with Gasteiger partial charge in [0, 0.05) is 24.9 Å². The van der Waals surface area contributed by atoms with Gasteiger partial charge < -0.3 is 10.1 Å². The van der Waals surface area contributed by atoms with E-state index in [4.69, 9.17) is 0 Å². The van der Waals surface area contributed by atoms with E-state index < -0.39 is 0 Å². The van der Waals surface area contributed by atoms with Crippen molar-refractivity contribution >= 4 is 16.7 Å². The maximum Gasteiger partial charge on any atom is 0.183 e. The second-order valence-electron chi connectivity index (χ2n) is 6.91. The van der Waals surface area contributed by atoms with E-state index in [1.165, 1.54) is 5.57 Å². The topological polar surface area (TPSA) is 45.5 Å². The molecule has 4 heteroatoms. The number of allylic oxidation sites excluding steroid dienone is 1. The van der Waals surface area contributed by atoms with Crippen LogP contribution < -0.4 is 0 Å². The standard InChI is InChI=1S/C19H22N2O2/c1-3-12-10-20(2)11-13-8-16-14-6-4-5-7-17(14)21(23)19(16)18(22)9-15(12)13/h3-7,13,15,23H,8-11H2,1-2H3/t13-,15-/m0/s1. The third-order valence-electron chi connectivity index (χ3n) is 5.51. The highest BCUT2D eigenvalue weighted by molar-refractivity contribution is 6.03. The molecule has 0 radical (unpaired) electrons. The van der Waals surface area contributed by atoms with Crippen LogP contribution in [0, 0.1) is 11.8 Å². The van der Waals surface area contributed by atoms with Crippen molar-refractivity contribution in [3.05, 3.63) is 47.2 Å². The van der Waals surface area contributed by atoms with E-state index in [1.807, 2.05) is 24.3 Å². The summed E-state index contributed by atoms with van der Waals surface area (Å²) in [5.41, 5.74) is 3.61. The first-order valence-corrected chi connectivity index (χ1v) is 8.28. The van der Waals surface area contributed by atoms with Crippen LogP contribution in [0.5, 0.6) is 0 Å². The second-order valence-corrected chi connectivity index (χ2v) is 6.91. The number of piperidine rings is 1. The lowest BCUT2D eigenvalue weighted by atomic mass is 9.78. The first-order valence-electron chi connectivity index (χ1n) is 8.28. The normalized spacial score (nSPS) is 27.0. The van der Waals surface area contributed by atoms with Crippen LogP contribution in [0.15, 0.2) is 35.9 Å². The molecule has 1 aromatic heterocycles. The van der Waals surface area contributed by atoms with E-state index in [0.29, 0.717) is 24.0 Å². The zero-order valence-corrected chi connectivity index (χ0v) is 13.6. The second kappa shape index (κ2) is 5.24. The molecule has 0 spiro atoms. The Morgan fingerprint density at radius 3 is 2.83 bits per heavy atom. The summed E-state index contributed by atoms with van der Waals surface area (Å²) in [6.07, 6.45) is 3.52. The number of rotatable bonds is 0. The van der Waals surface area contributed by atoms with E-state index >= 15 is 0 Å². The van der Waals surface area contributed by atoms with Gasteiger partial charge in [0.2, 0.25) is 0 Å². The van der Waals surface area contributed by atoms with Gasteiger partial charge >= 0.3 is 0 Å². The number of ketones is 1. The Morgan fingerprint density at radius 1 is 1.26 bits per heavy atom. The molecule has 120 valence electrons. The van der Waals surface area contributed by atoms with Gasteiger partial charge in [-0.2, -0.15) is 4.73 Å². The molecule has 2 aromatic rings. The minimum absolute atomic E-state index is 0.0649. The van der Waals surface area contributed by atoms with Crippen molar-refractivity contribution < 1.29 is 10.0 Å². The number of fused-ring (bicyclic) bond motifs is 4. The van der Waals surface area contributed by atoms with E-state index in [1.54, 1.807) is 0 Å². The highest BCUT2D eigenvalue weighted by Crippen LogP contribution is 2.40. The third kappa shape index (κ3) is 2.12. The number of hydrogen-bond donors (Lipinski definition) is 1. The van der Waals surface area contributed by atoms with Gasteiger partial charge in [-0.1, -0.05) is 29.8 Å². The molecule has 4 rings (SSSR count). The summed E-state index contributed by atoms with van der Waals surface area (Å²) in [6, 6.07) is 7.75. The fourth-order valence-electron chi connectivity index (χ4n) is 4.47. The van der Waals surface area contributed by atoms with Crippen molar-refractivity contribution in [3.63, 3.8) is 0 Å². The Morgan fingerprint density at radius 2 is 2.04 bits per heavy atom. The van der Waals surface area contributed by atoms with Crippen molar-refractivity contribution in [2.24, 2.45) is 11.8 Å². The fourth-order valence-corrected chi connectivity index (χ4v) is 4.47. The van der Waals surface area contributed by atoms with Crippen molar-refractivity contribution in [2.45, 2.75) is 19.8 Å². The number of para-hydroxylation sites is 1. The van der Waals surface area contributed by atoms with Crippen molar-refractivity contribution in [1.82, 2.24) is 9.63 Å². The zero-order valence-electron chi connectivity index (χ0n) is 13.6. The minimum atomic E-state index is 0.0649. The van der Waals surface area contributed by atoms with Gasteiger partial charge in [0.25, 0.3) is 0 Å². The number of likely N-dealkylation sites (N-methyl/N-ethyl adjacent to an activating group) is 1. The van der Waals surface area contributed by atoms with Crippen LogP contribution in [0.3, 0.4) is 0 Å². The molecule has 2 aliphatic rings. The predicted octanol–water partition coefficient (Wildman–Crippen LogP) is 3.13. The first kappa shape index (κ1) is 14.5. The summed E-state index contributed by atoms with van der Waals surface area (Å²) in [4.78, 5) is 15.2. The van der Waals surface area contributed by atoms with E-state index in [-0.39, 0.29) is 5.78 Å². The number of likely N-dealkylation sites (tertiary alicyclic amines) is 1. The Balaban J connectivity index is 1.88. The molecule has 2 heterocycles. The van der Waals surface area contributed by atoms with Crippen LogP contribution in [0.25, 0.3) is 10.9 Å². The Labute approximate surface area is 136 Å². The number of aromatic nitrogens is 1. The molecule has 4 nitrogen and oxygen atoms in total. The van der Waals surface area contributed by atoms with E-state index in [2.05, 4.69) is 24.9 Å². The lowest BCUT2D eigenvalue weighted by molar-refractivity contribution is 0.0900. The summed E-state index contributed by atoms with van der Waals surface area (Å²) < 4.78 is 1.11. The van der Waals surface area contributed by atoms with Crippen LogP contribution in [0.1, 0.15) is 29.4 Å². The largest absolute Gasteiger partial charge is 0.428 e. The Bertz CT molecular complexity index is 818. The average molecular weight is 310 g/mol. The van der Waals surface area contributed by atoms with Gasteiger partial charge in [0.05, 0.1) is 5.52 Å². The van der Waals surface area contributed by atoms with Crippen LogP contribution in [0.2, 0.25) is 0 Å². The molecule has 1 aliphatic heterocycles. The summed E-state index contributed by atoms with van der Waals surface area (Å²) in [7, 11) is 2.14. The van der Waals surface area contributed by atoms with Crippen molar-refractivity contribution in [3.8, 4) is 0 Å². The summed E-state index contributed by atoms with van der Waals surface area (Å²) in [5, 5.41) is 11.5. The molecule has 1 N–H and O–H groups in total. The third-order valence-corrected chi connectivity index (χ3v) is 5.51. The maximum absolute atomic E-state index is 12.9. The fraction of sp³-hybridized carbons (Fsp3) is 0.421. The Kier molecular flexibility index (Phi) is 3.31. The zero-order chi connectivity index (χ0) is 16.1. The first-order chi connectivity index (χ1) is 11.1. The van der Waals surface area contributed by atoms with Crippen LogP contribution in [-0.2, 0) is 6.42 Å².